The molecule has 27 heavy (non-hydrogen) atoms. The van der Waals surface area contributed by atoms with Crippen LogP contribution >= 0.6 is 58.5 Å². The molecule has 156 valence electrons. The van der Waals surface area contributed by atoms with Crippen LogP contribution in [0.2, 0.25) is 0 Å². The molecule has 0 radical (unpaired) electrons. The zero-order chi connectivity index (χ0) is 19.8. The first-order valence-corrected chi connectivity index (χ1v) is 12.2. The fourth-order valence-electron chi connectivity index (χ4n) is 4.06. The Labute approximate surface area is 181 Å². The van der Waals surface area contributed by atoms with E-state index in [1.54, 1.807) is 17.8 Å². The minimum atomic E-state index is -4.36. The van der Waals surface area contributed by atoms with Gasteiger partial charge in [0.25, 0.3) is 0 Å². The summed E-state index contributed by atoms with van der Waals surface area (Å²) in [7, 11) is 0. The highest BCUT2D eigenvalue weighted by Gasteiger charge is 2.45. The molecular weight excluding hydrogens is 462 g/mol. The molecule has 2 aliphatic carbocycles. The number of rotatable bonds is 4. The van der Waals surface area contributed by atoms with Crippen molar-refractivity contribution in [3.63, 3.8) is 0 Å². The number of aliphatic hydroxyl groups excluding tert-OH is 1. The fraction of sp³-hybridized carbons (Fsp3) is 0.882. The van der Waals surface area contributed by atoms with E-state index in [0.29, 0.717) is 17.5 Å². The predicted molar refractivity (Wildman–Crippen MR) is 109 cm³/mol. The second-order valence-corrected chi connectivity index (χ2v) is 12.0. The molecule has 0 amide bonds. The second kappa shape index (κ2) is 9.34. The van der Waals surface area contributed by atoms with Gasteiger partial charge < -0.3 is 9.83 Å². The molecule has 3 aliphatic rings. The van der Waals surface area contributed by atoms with Crippen LogP contribution in [0.1, 0.15) is 38.5 Å². The SMILES string of the molecule is OC1CC(NSC2CC(C3CCC(Cl)C(Cl)C3)C(Cl)S2)=CCC1C(F)(F)F. The van der Waals surface area contributed by atoms with Gasteiger partial charge in [-0.15, -0.1) is 46.6 Å². The second-order valence-electron chi connectivity index (χ2n) is 7.53. The highest BCUT2D eigenvalue weighted by atomic mass is 35.5. The highest BCUT2D eigenvalue weighted by Crippen LogP contribution is 2.51. The Morgan fingerprint density at radius 2 is 1.89 bits per heavy atom. The van der Waals surface area contributed by atoms with E-state index in [1.165, 1.54) is 11.9 Å². The monoisotopic (exact) mass is 483 g/mol. The van der Waals surface area contributed by atoms with Gasteiger partial charge in [0.15, 0.2) is 0 Å². The minimum Gasteiger partial charge on any atom is -0.392 e. The summed E-state index contributed by atoms with van der Waals surface area (Å²) in [6.07, 6.45) is -0.650. The van der Waals surface area contributed by atoms with Gasteiger partial charge >= 0.3 is 6.18 Å². The molecule has 8 atom stereocenters. The van der Waals surface area contributed by atoms with E-state index >= 15 is 0 Å². The molecule has 8 unspecified atom stereocenters. The number of thioether (sulfide) groups is 1. The number of aliphatic hydroxyl groups is 1. The first-order valence-electron chi connectivity index (χ1n) is 9.08. The van der Waals surface area contributed by atoms with E-state index in [1.807, 2.05) is 0 Å². The highest BCUT2D eigenvalue weighted by molar-refractivity contribution is 8.17. The normalized spacial score (nSPS) is 43.4. The quantitative estimate of drug-likeness (QED) is 0.373. The minimum absolute atomic E-state index is 0.00401. The van der Waals surface area contributed by atoms with Gasteiger partial charge in [0.1, 0.15) is 0 Å². The Balaban J connectivity index is 1.48. The van der Waals surface area contributed by atoms with Crippen molar-refractivity contribution in [3.8, 4) is 0 Å². The molecule has 1 aliphatic heterocycles. The molecule has 10 heteroatoms. The van der Waals surface area contributed by atoms with Crippen LogP contribution in [0.15, 0.2) is 11.8 Å². The molecule has 2 N–H and O–H groups in total. The third kappa shape index (κ3) is 5.72. The lowest BCUT2D eigenvalue weighted by molar-refractivity contribution is -0.200. The van der Waals surface area contributed by atoms with Crippen LogP contribution in [0.3, 0.4) is 0 Å². The van der Waals surface area contributed by atoms with Crippen LogP contribution in [-0.4, -0.2) is 37.4 Å². The summed E-state index contributed by atoms with van der Waals surface area (Å²) in [5, 5.41) is 9.82. The summed E-state index contributed by atoms with van der Waals surface area (Å²) in [6.45, 7) is 0. The lowest BCUT2D eigenvalue weighted by Gasteiger charge is -2.34. The number of nitrogens with one attached hydrogen (secondary N) is 1. The predicted octanol–water partition coefficient (Wildman–Crippen LogP) is 6.10. The Bertz CT molecular complexity index is 554. The average molecular weight is 485 g/mol. The van der Waals surface area contributed by atoms with Crippen molar-refractivity contribution in [2.45, 2.75) is 70.9 Å². The Morgan fingerprint density at radius 3 is 2.52 bits per heavy atom. The average Bonchev–Trinajstić information content (AvgIpc) is 2.95. The summed E-state index contributed by atoms with van der Waals surface area (Å²) >= 11 is 22.3. The van der Waals surface area contributed by atoms with Crippen molar-refractivity contribution < 1.29 is 18.3 Å². The van der Waals surface area contributed by atoms with Crippen LogP contribution in [0.4, 0.5) is 13.2 Å². The molecular formula is C17H23Cl3F3NOS2. The van der Waals surface area contributed by atoms with Gasteiger partial charge in [0.2, 0.25) is 0 Å². The lowest BCUT2D eigenvalue weighted by atomic mass is 9.79. The van der Waals surface area contributed by atoms with Crippen molar-refractivity contribution in [3.05, 3.63) is 11.8 Å². The molecule has 0 aromatic rings. The summed E-state index contributed by atoms with van der Waals surface area (Å²) in [5.41, 5.74) is 0.659. The van der Waals surface area contributed by atoms with Crippen LogP contribution < -0.4 is 4.72 Å². The maximum atomic E-state index is 12.8. The van der Waals surface area contributed by atoms with Gasteiger partial charge in [0, 0.05) is 17.5 Å². The number of alkyl halides is 6. The first kappa shape index (κ1) is 22.5. The van der Waals surface area contributed by atoms with Gasteiger partial charge in [-0.2, -0.15) is 13.2 Å². The molecule has 1 saturated carbocycles. The summed E-state index contributed by atoms with van der Waals surface area (Å²) in [4.78, 5) is 0. The smallest absolute Gasteiger partial charge is 0.392 e. The molecule has 0 aromatic heterocycles. The Hall–Kier alpha value is 0.860. The zero-order valence-corrected chi connectivity index (χ0v) is 18.4. The Kier molecular flexibility index (Phi) is 7.80. The van der Waals surface area contributed by atoms with E-state index in [0.717, 1.165) is 25.7 Å². The zero-order valence-electron chi connectivity index (χ0n) is 14.5. The van der Waals surface area contributed by atoms with Crippen molar-refractivity contribution >= 4 is 58.5 Å². The van der Waals surface area contributed by atoms with Gasteiger partial charge in [0.05, 0.1) is 26.7 Å². The van der Waals surface area contributed by atoms with E-state index in [-0.39, 0.29) is 32.9 Å². The fourth-order valence-corrected chi connectivity index (χ4v) is 8.16. The van der Waals surface area contributed by atoms with Crippen LogP contribution in [0.25, 0.3) is 0 Å². The van der Waals surface area contributed by atoms with Gasteiger partial charge in [-0.25, -0.2) is 0 Å². The first-order chi connectivity index (χ1) is 12.6. The van der Waals surface area contributed by atoms with Gasteiger partial charge in [-0.05, 0) is 55.9 Å². The standard InChI is InChI=1S/C17H23Cl3F3NOS2/c18-12-4-1-8(5-13(12)19)10-7-15(26-16(10)20)27-24-9-2-3-11(14(25)6-9)17(21,22)23/h2,8,10-16,24-25H,1,3-7H2. The third-order valence-corrected chi connectivity index (χ3v) is 10.0. The van der Waals surface area contributed by atoms with E-state index in [9.17, 15) is 18.3 Å². The third-order valence-electron chi connectivity index (χ3n) is 5.68. The van der Waals surface area contributed by atoms with Crippen molar-refractivity contribution in [2.75, 3.05) is 0 Å². The van der Waals surface area contributed by atoms with E-state index in [4.69, 9.17) is 34.8 Å². The van der Waals surface area contributed by atoms with Gasteiger partial charge in [-0.1, -0.05) is 6.08 Å². The lowest BCUT2D eigenvalue weighted by Crippen LogP contribution is -2.37. The molecule has 3 rings (SSSR count). The topological polar surface area (TPSA) is 32.3 Å². The van der Waals surface area contributed by atoms with E-state index in [2.05, 4.69) is 4.72 Å². The van der Waals surface area contributed by atoms with Crippen LogP contribution in [-0.2, 0) is 0 Å². The number of hydrogen-bond acceptors (Lipinski definition) is 4. The van der Waals surface area contributed by atoms with Crippen LogP contribution in [0, 0.1) is 17.8 Å². The molecule has 1 heterocycles. The van der Waals surface area contributed by atoms with E-state index < -0.39 is 18.2 Å². The maximum Gasteiger partial charge on any atom is 0.394 e. The van der Waals surface area contributed by atoms with Crippen molar-refractivity contribution in [1.82, 2.24) is 4.72 Å². The van der Waals surface area contributed by atoms with Crippen LogP contribution in [0.5, 0.6) is 0 Å². The summed E-state index contributed by atoms with van der Waals surface area (Å²) in [6, 6.07) is 0. The molecule has 2 nitrogen and oxygen atoms in total. The molecule has 0 aromatic carbocycles. The van der Waals surface area contributed by atoms with Crippen molar-refractivity contribution in [2.24, 2.45) is 17.8 Å². The largest absolute Gasteiger partial charge is 0.394 e. The maximum absolute atomic E-state index is 12.8. The number of hydrogen-bond donors (Lipinski definition) is 2. The number of halogens is 6. The molecule has 1 saturated heterocycles. The number of allylic oxidation sites excluding steroid dienone is 1. The molecule has 0 bridgehead atoms. The summed E-state index contributed by atoms with van der Waals surface area (Å²) < 4.78 is 41.8. The van der Waals surface area contributed by atoms with Crippen molar-refractivity contribution in [1.29, 1.82) is 0 Å². The molecule has 2 fully saturated rings. The Morgan fingerprint density at radius 1 is 1.15 bits per heavy atom. The summed E-state index contributed by atoms with van der Waals surface area (Å²) in [5.74, 6) is -0.848. The molecule has 0 spiro atoms. The van der Waals surface area contributed by atoms with Gasteiger partial charge in [-0.3, -0.25) is 0 Å².